The Morgan fingerprint density at radius 3 is 2.59 bits per heavy atom. The minimum Gasteiger partial charge on any atom is -0.438 e. The molecule has 216 valence electrons. The molecule has 0 radical (unpaired) electrons. The van der Waals surface area contributed by atoms with Gasteiger partial charge in [0, 0.05) is 16.7 Å². The molecule has 8 atom stereocenters. The monoisotopic (exact) mass is 546 g/mol. The molecule has 9 heteroatoms. The second-order valence-electron chi connectivity index (χ2n) is 12.3. The third-order valence-electron chi connectivity index (χ3n) is 10.1. The number of carbonyl (C=O) groups is 4. The van der Waals surface area contributed by atoms with Gasteiger partial charge in [-0.1, -0.05) is 45.8 Å². The summed E-state index contributed by atoms with van der Waals surface area (Å²) in [6.45, 7) is 7.56. The van der Waals surface area contributed by atoms with Crippen molar-refractivity contribution in [2.75, 3.05) is 20.3 Å². The second-order valence-corrected chi connectivity index (χ2v) is 12.3. The topological polar surface area (TPSA) is 125 Å². The zero-order valence-electron chi connectivity index (χ0n) is 23.7. The number of ketones is 2. The number of aliphatic hydroxyl groups is 1. The standard InChI is InChI=1S/C30H42O9/c1-6-7-18(2)16-37-27(35)39-30(24(33)17-38-26(34)36-5)13-11-22-21-9-8-19-14-20(31)10-12-28(19,3)25(21)23(32)15-29(22,30)4/h10,12,14,18,21-23,25,32H,6-9,11,13,15-17H2,1-5H3/t18?,21-,22-,23?,25+,28-,29-,30-/m0/s1. The first-order valence-corrected chi connectivity index (χ1v) is 14.1. The molecule has 4 aliphatic carbocycles. The fourth-order valence-corrected chi connectivity index (χ4v) is 8.25. The highest BCUT2D eigenvalue weighted by Crippen LogP contribution is 2.68. The lowest BCUT2D eigenvalue weighted by Crippen LogP contribution is -2.63. The van der Waals surface area contributed by atoms with Crippen molar-refractivity contribution in [1.82, 2.24) is 0 Å². The summed E-state index contributed by atoms with van der Waals surface area (Å²) in [4.78, 5) is 50.6. The number of hydrogen-bond acceptors (Lipinski definition) is 9. The summed E-state index contributed by atoms with van der Waals surface area (Å²) >= 11 is 0. The van der Waals surface area contributed by atoms with E-state index in [9.17, 15) is 24.3 Å². The van der Waals surface area contributed by atoms with Crippen molar-refractivity contribution < 1.29 is 43.2 Å². The van der Waals surface area contributed by atoms with Crippen LogP contribution in [0.5, 0.6) is 0 Å². The van der Waals surface area contributed by atoms with Crippen molar-refractivity contribution in [3.63, 3.8) is 0 Å². The quantitative estimate of drug-likeness (QED) is 0.421. The van der Waals surface area contributed by atoms with Gasteiger partial charge in [0.2, 0.25) is 5.78 Å². The van der Waals surface area contributed by atoms with E-state index in [4.69, 9.17) is 14.2 Å². The van der Waals surface area contributed by atoms with Gasteiger partial charge in [-0.15, -0.1) is 0 Å². The Bertz CT molecular complexity index is 1060. The Morgan fingerprint density at radius 1 is 1.15 bits per heavy atom. The van der Waals surface area contributed by atoms with Gasteiger partial charge in [-0.3, -0.25) is 9.59 Å². The van der Waals surface area contributed by atoms with Crippen LogP contribution in [0, 0.1) is 34.5 Å². The molecule has 3 saturated carbocycles. The van der Waals surface area contributed by atoms with Gasteiger partial charge < -0.3 is 24.1 Å². The largest absolute Gasteiger partial charge is 0.509 e. The van der Waals surface area contributed by atoms with Gasteiger partial charge in [-0.25, -0.2) is 9.59 Å². The summed E-state index contributed by atoms with van der Waals surface area (Å²) in [6, 6.07) is 0. The molecule has 0 aromatic carbocycles. The average Bonchev–Trinajstić information content (AvgIpc) is 3.18. The van der Waals surface area contributed by atoms with Crippen molar-refractivity contribution in [2.24, 2.45) is 34.5 Å². The molecule has 0 spiro atoms. The third-order valence-corrected chi connectivity index (χ3v) is 10.1. The van der Waals surface area contributed by atoms with Crippen LogP contribution in [0.3, 0.4) is 0 Å². The Hall–Kier alpha value is -2.68. The van der Waals surface area contributed by atoms with Gasteiger partial charge in [-0.05, 0) is 68.4 Å². The van der Waals surface area contributed by atoms with Gasteiger partial charge in [0.25, 0.3) is 0 Å². The van der Waals surface area contributed by atoms with Crippen molar-refractivity contribution in [1.29, 1.82) is 0 Å². The minimum absolute atomic E-state index is 0.0349. The number of aliphatic hydroxyl groups excluding tert-OH is 1. The Balaban J connectivity index is 1.65. The fraction of sp³-hybridized carbons (Fsp3) is 0.733. The molecule has 4 aliphatic rings. The summed E-state index contributed by atoms with van der Waals surface area (Å²) < 4.78 is 21.0. The molecular weight excluding hydrogens is 504 g/mol. The molecule has 9 nitrogen and oxygen atoms in total. The maximum absolute atomic E-state index is 13.8. The van der Waals surface area contributed by atoms with Crippen LogP contribution in [0.1, 0.15) is 72.6 Å². The van der Waals surface area contributed by atoms with E-state index >= 15 is 0 Å². The van der Waals surface area contributed by atoms with E-state index in [-0.39, 0.29) is 48.9 Å². The zero-order valence-corrected chi connectivity index (χ0v) is 23.7. The van der Waals surface area contributed by atoms with Gasteiger partial charge in [-0.2, -0.15) is 0 Å². The third kappa shape index (κ3) is 5.03. The van der Waals surface area contributed by atoms with E-state index in [0.717, 1.165) is 38.4 Å². The summed E-state index contributed by atoms with van der Waals surface area (Å²) in [6.07, 6.45) is 6.83. The molecule has 0 saturated heterocycles. The first kappa shape index (κ1) is 29.3. The van der Waals surface area contributed by atoms with Crippen LogP contribution >= 0.6 is 0 Å². The number of ether oxygens (including phenoxy) is 4. The Morgan fingerprint density at radius 2 is 1.90 bits per heavy atom. The predicted molar refractivity (Wildman–Crippen MR) is 141 cm³/mol. The second kappa shape index (κ2) is 11.1. The molecule has 0 amide bonds. The first-order chi connectivity index (χ1) is 18.4. The van der Waals surface area contributed by atoms with Crippen LogP contribution in [0.25, 0.3) is 0 Å². The molecule has 0 aromatic rings. The molecule has 0 aromatic heterocycles. The summed E-state index contributed by atoms with van der Waals surface area (Å²) in [5.41, 5.74) is -1.97. The molecule has 3 fully saturated rings. The number of carbonyl (C=O) groups excluding carboxylic acids is 4. The van der Waals surface area contributed by atoms with E-state index < -0.39 is 47.2 Å². The van der Waals surface area contributed by atoms with Crippen molar-refractivity contribution in [2.45, 2.75) is 84.3 Å². The number of Topliss-reactive ketones (excluding diaryl/α,β-unsaturated/α-hetero) is 1. The lowest BCUT2D eigenvalue weighted by molar-refractivity contribution is -0.184. The van der Waals surface area contributed by atoms with Gasteiger partial charge in [0.15, 0.2) is 18.0 Å². The van der Waals surface area contributed by atoms with E-state index in [0.29, 0.717) is 6.42 Å². The van der Waals surface area contributed by atoms with Gasteiger partial charge in [0.1, 0.15) is 0 Å². The van der Waals surface area contributed by atoms with E-state index in [1.807, 2.05) is 19.9 Å². The number of fused-ring (bicyclic) bond motifs is 5. The molecule has 4 rings (SSSR count). The fourth-order valence-electron chi connectivity index (χ4n) is 8.25. The van der Waals surface area contributed by atoms with Crippen LogP contribution in [0.15, 0.2) is 23.8 Å². The Kier molecular flexibility index (Phi) is 8.31. The molecule has 1 N–H and O–H groups in total. The van der Waals surface area contributed by atoms with Crippen LogP contribution in [0.2, 0.25) is 0 Å². The number of hydrogen-bond donors (Lipinski definition) is 1. The predicted octanol–water partition coefficient (Wildman–Crippen LogP) is 4.95. The molecular formula is C30H42O9. The maximum Gasteiger partial charge on any atom is 0.509 e. The highest BCUT2D eigenvalue weighted by Gasteiger charge is 2.70. The molecule has 0 bridgehead atoms. The molecule has 0 aliphatic heterocycles. The van der Waals surface area contributed by atoms with Crippen molar-refractivity contribution in [3.8, 4) is 0 Å². The van der Waals surface area contributed by atoms with E-state index in [1.165, 1.54) is 0 Å². The lowest BCUT2D eigenvalue weighted by Gasteiger charge is -2.59. The lowest BCUT2D eigenvalue weighted by atomic mass is 9.46. The van der Waals surface area contributed by atoms with Crippen LogP contribution < -0.4 is 0 Å². The van der Waals surface area contributed by atoms with Crippen molar-refractivity contribution in [3.05, 3.63) is 23.8 Å². The summed E-state index contributed by atoms with van der Waals surface area (Å²) in [5.74, 6) is -0.579. The smallest absolute Gasteiger partial charge is 0.438 e. The Labute approximate surface area is 230 Å². The maximum atomic E-state index is 13.8. The van der Waals surface area contributed by atoms with E-state index in [1.54, 1.807) is 12.2 Å². The van der Waals surface area contributed by atoms with Crippen molar-refractivity contribution >= 4 is 23.9 Å². The average molecular weight is 547 g/mol. The normalized spacial score (nSPS) is 37.5. The highest BCUT2D eigenvalue weighted by molar-refractivity contribution is 6.01. The molecule has 0 heterocycles. The zero-order chi connectivity index (χ0) is 28.6. The summed E-state index contributed by atoms with van der Waals surface area (Å²) in [5, 5.41) is 11.7. The first-order valence-electron chi connectivity index (χ1n) is 14.1. The minimum atomic E-state index is -1.63. The molecule has 39 heavy (non-hydrogen) atoms. The summed E-state index contributed by atoms with van der Waals surface area (Å²) in [7, 11) is 1.15. The van der Waals surface area contributed by atoms with Crippen LogP contribution in [-0.4, -0.2) is 61.0 Å². The van der Waals surface area contributed by atoms with Crippen LogP contribution in [-0.2, 0) is 28.5 Å². The highest BCUT2D eigenvalue weighted by atomic mass is 16.7. The SMILES string of the molecule is CCCC(C)COC(=O)O[C@]1(C(=O)COC(=O)OC)CC[C@H]2[C@@H]3CCC4=CC(=O)C=C[C@]4(C)[C@H]3C(O)C[C@@]21C. The van der Waals surface area contributed by atoms with Gasteiger partial charge >= 0.3 is 12.3 Å². The van der Waals surface area contributed by atoms with Gasteiger partial charge in [0.05, 0.1) is 19.8 Å². The molecule has 2 unspecified atom stereocenters. The van der Waals surface area contributed by atoms with E-state index in [2.05, 4.69) is 18.6 Å². The number of allylic oxidation sites excluding steroid dienone is 4. The number of methoxy groups -OCH3 is 1. The van der Waals surface area contributed by atoms with Crippen LogP contribution in [0.4, 0.5) is 9.59 Å². The number of rotatable bonds is 8.